The van der Waals surface area contributed by atoms with Crippen LogP contribution >= 0.6 is 0 Å². The summed E-state index contributed by atoms with van der Waals surface area (Å²) in [5, 5.41) is 2.79. The van der Waals surface area contributed by atoms with E-state index in [2.05, 4.69) is 5.32 Å². The standard InChI is InChI=1S/C21H29N3O3/c1-2-24(20(26)13-17-12-14-3-4-16(17)11-14)10-9-19(25)23-18-7-5-15(6-8-18)21(22)27/h5-8,14,16-17H,2-4,9-13H2,1H3,(H2,22,27)(H,23,25). The average molecular weight is 371 g/mol. The van der Waals surface area contributed by atoms with Crippen LogP contribution in [0, 0.1) is 17.8 Å². The number of primary amides is 1. The summed E-state index contributed by atoms with van der Waals surface area (Å²) in [6.07, 6.45) is 6.02. The van der Waals surface area contributed by atoms with Gasteiger partial charge in [-0.05, 0) is 68.2 Å². The molecule has 3 amide bonds. The maximum absolute atomic E-state index is 12.6. The molecular weight excluding hydrogens is 342 g/mol. The third-order valence-electron chi connectivity index (χ3n) is 6.12. The van der Waals surface area contributed by atoms with E-state index in [1.807, 2.05) is 6.92 Å². The maximum Gasteiger partial charge on any atom is 0.248 e. The van der Waals surface area contributed by atoms with Crippen LogP contribution in [0.4, 0.5) is 5.69 Å². The molecule has 3 atom stereocenters. The van der Waals surface area contributed by atoms with Crippen LogP contribution in [-0.2, 0) is 9.59 Å². The second kappa shape index (κ2) is 8.55. The number of fused-ring (bicyclic) bond motifs is 2. The number of benzene rings is 1. The Balaban J connectivity index is 1.44. The molecule has 27 heavy (non-hydrogen) atoms. The molecule has 0 aromatic heterocycles. The minimum Gasteiger partial charge on any atom is -0.366 e. The summed E-state index contributed by atoms with van der Waals surface area (Å²) in [6, 6.07) is 6.45. The summed E-state index contributed by atoms with van der Waals surface area (Å²) in [5.41, 5.74) is 6.22. The lowest BCUT2D eigenvalue weighted by atomic mass is 9.86. The van der Waals surface area contributed by atoms with E-state index in [0.717, 1.165) is 11.8 Å². The third kappa shape index (κ3) is 4.87. The molecule has 2 fully saturated rings. The minimum atomic E-state index is -0.500. The largest absolute Gasteiger partial charge is 0.366 e. The Hall–Kier alpha value is -2.37. The molecule has 2 bridgehead atoms. The fourth-order valence-corrected chi connectivity index (χ4v) is 4.62. The topological polar surface area (TPSA) is 92.5 Å². The van der Waals surface area contributed by atoms with Crippen molar-refractivity contribution in [1.82, 2.24) is 4.90 Å². The van der Waals surface area contributed by atoms with Gasteiger partial charge >= 0.3 is 0 Å². The number of hydrogen-bond acceptors (Lipinski definition) is 3. The van der Waals surface area contributed by atoms with Gasteiger partial charge in [-0.2, -0.15) is 0 Å². The lowest BCUT2D eigenvalue weighted by molar-refractivity contribution is -0.132. The molecule has 6 nitrogen and oxygen atoms in total. The molecule has 1 aromatic rings. The van der Waals surface area contributed by atoms with Crippen LogP contribution in [0.25, 0.3) is 0 Å². The number of nitrogens with zero attached hydrogens (tertiary/aromatic N) is 1. The van der Waals surface area contributed by atoms with E-state index >= 15 is 0 Å². The molecule has 3 rings (SSSR count). The highest BCUT2D eigenvalue weighted by atomic mass is 16.2. The lowest BCUT2D eigenvalue weighted by Gasteiger charge is -2.26. The van der Waals surface area contributed by atoms with Crippen molar-refractivity contribution >= 4 is 23.4 Å². The molecule has 0 aliphatic heterocycles. The van der Waals surface area contributed by atoms with Gasteiger partial charge in [-0.3, -0.25) is 14.4 Å². The van der Waals surface area contributed by atoms with Crippen LogP contribution in [0.3, 0.4) is 0 Å². The maximum atomic E-state index is 12.6. The van der Waals surface area contributed by atoms with Crippen molar-refractivity contribution < 1.29 is 14.4 Å². The Morgan fingerprint density at radius 3 is 2.44 bits per heavy atom. The predicted molar refractivity (Wildman–Crippen MR) is 104 cm³/mol. The Morgan fingerprint density at radius 2 is 1.89 bits per heavy atom. The van der Waals surface area contributed by atoms with Crippen LogP contribution in [0.2, 0.25) is 0 Å². The van der Waals surface area contributed by atoms with Crippen molar-refractivity contribution in [3.05, 3.63) is 29.8 Å². The van der Waals surface area contributed by atoms with E-state index in [4.69, 9.17) is 5.73 Å². The zero-order valence-electron chi connectivity index (χ0n) is 15.9. The summed E-state index contributed by atoms with van der Waals surface area (Å²) >= 11 is 0. The first-order valence-corrected chi connectivity index (χ1v) is 9.93. The molecule has 0 saturated heterocycles. The summed E-state index contributed by atoms with van der Waals surface area (Å²) in [6.45, 7) is 3.01. The van der Waals surface area contributed by atoms with Gasteiger partial charge in [0, 0.05) is 37.2 Å². The van der Waals surface area contributed by atoms with Gasteiger partial charge in [-0.25, -0.2) is 0 Å². The molecule has 1 aromatic carbocycles. The normalized spacial score (nSPS) is 23.2. The first kappa shape index (κ1) is 19.4. The van der Waals surface area contributed by atoms with Crippen molar-refractivity contribution in [2.75, 3.05) is 18.4 Å². The van der Waals surface area contributed by atoms with Gasteiger partial charge in [0.05, 0.1) is 0 Å². The third-order valence-corrected chi connectivity index (χ3v) is 6.12. The van der Waals surface area contributed by atoms with Gasteiger partial charge in [0.1, 0.15) is 0 Å². The van der Waals surface area contributed by atoms with E-state index in [1.165, 1.54) is 25.7 Å². The van der Waals surface area contributed by atoms with Gasteiger partial charge in [0.15, 0.2) is 0 Å². The van der Waals surface area contributed by atoms with E-state index in [0.29, 0.717) is 36.7 Å². The van der Waals surface area contributed by atoms with Crippen LogP contribution in [0.1, 0.15) is 55.8 Å². The number of nitrogens with one attached hydrogen (secondary N) is 1. The highest BCUT2D eigenvalue weighted by Crippen LogP contribution is 2.49. The lowest BCUT2D eigenvalue weighted by Crippen LogP contribution is -2.35. The smallest absolute Gasteiger partial charge is 0.248 e. The molecular formula is C21H29N3O3. The molecule has 2 saturated carbocycles. The molecule has 0 spiro atoms. The molecule has 2 aliphatic carbocycles. The second-order valence-electron chi connectivity index (χ2n) is 7.85. The molecule has 3 unspecified atom stereocenters. The highest BCUT2D eigenvalue weighted by molar-refractivity contribution is 5.94. The van der Waals surface area contributed by atoms with Crippen LogP contribution < -0.4 is 11.1 Å². The van der Waals surface area contributed by atoms with Gasteiger partial charge in [-0.1, -0.05) is 6.42 Å². The zero-order valence-corrected chi connectivity index (χ0v) is 15.9. The molecule has 2 aliphatic rings. The van der Waals surface area contributed by atoms with Gasteiger partial charge in [0.2, 0.25) is 17.7 Å². The van der Waals surface area contributed by atoms with Crippen LogP contribution in [0.5, 0.6) is 0 Å². The van der Waals surface area contributed by atoms with Crippen molar-refractivity contribution in [3.8, 4) is 0 Å². The Labute approximate surface area is 160 Å². The molecule has 3 N–H and O–H groups in total. The van der Waals surface area contributed by atoms with E-state index < -0.39 is 5.91 Å². The molecule has 6 heteroatoms. The van der Waals surface area contributed by atoms with Crippen molar-refractivity contribution in [2.45, 2.75) is 45.4 Å². The van der Waals surface area contributed by atoms with Crippen molar-refractivity contribution in [1.29, 1.82) is 0 Å². The average Bonchev–Trinajstić information content (AvgIpc) is 3.25. The Kier molecular flexibility index (Phi) is 6.14. The highest BCUT2D eigenvalue weighted by Gasteiger charge is 2.40. The first-order chi connectivity index (χ1) is 13.0. The number of amides is 3. The van der Waals surface area contributed by atoms with Crippen molar-refractivity contribution in [2.24, 2.45) is 23.5 Å². The SMILES string of the molecule is CCN(CCC(=O)Nc1ccc(C(N)=O)cc1)C(=O)CC1CC2CCC1C2. The van der Waals surface area contributed by atoms with Gasteiger partial charge in [0.25, 0.3) is 0 Å². The fraction of sp³-hybridized carbons (Fsp3) is 0.571. The number of nitrogens with two attached hydrogens (primary N) is 1. The monoisotopic (exact) mass is 371 g/mol. The summed E-state index contributed by atoms with van der Waals surface area (Å²) < 4.78 is 0. The Bertz CT molecular complexity index is 701. The number of rotatable bonds is 8. The number of anilines is 1. The minimum absolute atomic E-state index is 0.145. The number of carbonyl (C=O) groups excluding carboxylic acids is 3. The summed E-state index contributed by atoms with van der Waals surface area (Å²) in [7, 11) is 0. The van der Waals surface area contributed by atoms with Gasteiger partial charge < -0.3 is 16.0 Å². The van der Waals surface area contributed by atoms with Crippen LogP contribution in [0.15, 0.2) is 24.3 Å². The Morgan fingerprint density at radius 1 is 1.15 bits per heavy atom. The summed E-state index contributed by atoms with van der Waals surface area (Å²) in [5.74, 6) is 1.66. The predicted octanol–water partition coefficient (Wildman–Crippen LogP) is 2.79. The summed E-state index contributed by atoms with van der Waals surface area (Å²) in [4.78, 5) is 37.7. The number of carbonyl (C=O) groups is 3. The van der Waals surface area contributed by atoms with Crippen molar-refractivity contribution in [3.63, 3.8) is 0 Å². The first-order valence-electron chi connectivity index (χ1n) is 9.93. The van der Waals surface area contributed by atoms with Gasteiger partial charge in [-0.15, -0.1) is 0 Å². The quantitative estimate of drug-likeness (QED) is 0.736. The molecule has 0 heterocycles. The zero-order chi connectivity index (χ0) is 19.4. The van der Waals surface area contributed by atoms with E-state index in [9.17, 15) is 14.4 Å². The van der Waals surface area contributed by atoms with Crippen LogP contribution in [-0.4, -0.2) is 35.7 Å². The van der Waals surface area contributed by atoms with E-state index in [1.54, 1.807) is 29.2 Å². The second-order valence-corrected chi connectivity index (χ2v) is 7.85. The van der Waals surface area contributed by atoms with E-state index in [-0.39, 0.29) is 18.2 Å². The molecule has 146 valence electrons. The fourth-order valence-electron chi connectivity index (χ4n) is 4.62. The molecule has 0 radical (unpaired) electrons. The number of hydrogen-bond donors (Lipinski definition) is 2.